The van der Waals surface area contributed by atoms with Crippen LogP contribution in [0.3, 0.4) is 0 Å². The molecule has 0 radical (unpaired) electrons. The summed E-state index contributed by atoms with van der Waals surface area (Å²) in [6.45, 7) is 2.32. The molecule has 0 bridgehead atoms. The number of nitrogens with zero attached hydrogens (tertiary/aromatic N) is 1. The maximum atomic E-state index is 11.6. The van der Waals surface area contributed by atoms with Crippen molar-refractivity contribution < 1.29 is 4.79 Å². The molecular weight excluding hydrogens is 196 g/mol. The quantitative estimate of drug-likeness (QED) is 0.683. The van der Waals surface area contributed by atoms with Crippen LogP contribution in [0.4, 0.5) is 0 Å². The standard InChI is InChI=1S/C10H12N2OS/c13-9-6-11-5-8-10-7(2-4-14-10)1-3-12(8)9/h2,4,8,11H,1,3,5-6H2. The van der Waals surface area contributed by atoms with E-state index in [-0.39, 0.29) is 5.91 Å². The minimum Gasteiger partial charge on any atom is -0.332 e. The monoisotopic (exact) mass is 208 g/mol. The Bertz CT molecular complexity index is 374. The maximum Gasteiger partial charge on any atom is 0.237 e. The zero-order valence-electron chi connectivity index (χ0n) is 7.82. The molecule has 3 heterocycles. The number of carbonyl (C=O) groups is 1. The summed E-state index contributed by atoms with van der Waals surface area (Å²) < 4.78 is 0. The van der Waals surface area contributed by atoms with E-state index in [1.807, 2.05) is 4.90 Å². The molecule has 1 unspecified atom stereocenters. The number of hydrogen-bond donors (Lipinski definition) is 1. The van der Waals surface area contributed by atoms with Crippen molar-refractivity contribution in [1.29, 1.82) is 0 Å². The number of thiophene rings is 1. The molecule has 0 saturated carbocycles. The van der Waals surface area contributed by atoms with Gasteiger partial charge in [0.25, 0.3) is 0 Å². The fourth-order valence-electron chi connectivity index (χ4n) is 2.30. The molecule has 1 aromatic rings. The van der Waals surface area contributed by atoms with Crippen LogP contribution in [0.15, 0.2) is 11.4 Å². The first kappa shape index (κ1) is 8.44. The third-order valence-electron chi connectivity index (χ3n) is 3.02. The van der Waals surface area contributed by atoms with E-state index in [9.17, 15) is 4.79 Å². The highest BCUT2D eigenvalue weighted by atomic mass is 32.1. The van der Waals surface area contributed by atoms with Crippen molar-refractivity contribution in [2.45, 2.75) is 12.5 Å². The van der Waals surface area contributed by atoms with Gasteiger partial charge in [0.05, 0.1) is 12.6 Å². The first-order chi connectivity index (χ1) is 6.86. The Balaban J connectivity index is 2.00. The highest BCUT2D eigenvalue weighted by molar-refractivity contribution is 7.10. The van der Waals surface area contributed by atoms with E-state index >= 15 is 0 Å². The maximum absolute atomic E-state index is 11.6. The Morgan fingerprint density at radius 1 is 1.57 bits per heavy atom. The van der Waals surface area contributed by atoms with Crippen LogP contribution < -0.4 is 5.32 Å². The molecule has 74 valence electrons. The van der Waals surface area contributed by atoms with Gasteiger partial charge in [-0.05, 0) is 23.4 Å². The number of carbonyl (C=O) groups excluding carboxylic acids is 1. The molecule has 4 heteroatoms. The molecule has 1 atom stereocenters. The van der Waals surface area contributed by atoms with E-state index in [0.29, 0.717) is 12.6 Å². The van der Waals surface area contributed by atoms with Crippen LogP contribution >= 0.6 is 11.3 Å². The van der Waals surface area contributed by atoms with Gasteiger partial charge in [0.15, 0.2) is 0 Å². The number of rotatable bonds is 0. The van der Waals surface area contributed by atoms with Crippen molar-refractivity contribution in [3.63, 3.8) is 0 Å². The average Bonchev–Trinajstić information content (AvgIpc) is 2.66. The molecule has 14 heavy (non-hydrogen) atoms. The second-order valence-electron chi connectivity index (χ2n) is 3.79. The Labute approximate surface area is 86.7 Å². The van der Waals surface area contributed by atoms with Crippen molar-refractivity contribution in [2.24, 2.45) is 0 Å². The highest BCUT2D eigenvalue weighted by Gasteiger charge is 2.33. The summed E-state index contributed by atoms with van der Waals surface area (Å²) in [4.78, 5) is 15.0. The topological polar surface area (TPSA) is 32.3 Å². The fraction of sp³-hybridized carbons (Fsp3) is 0.500. The van der Waals surface area contributed by atoms with Gasteiger partial charge in [0, 0.05) is 18.0 Å². The lowest BCUT2D eigenvalue weighted by Gasteiger charge is -2.39. The molecule has 1 N–H and O–H groups in total. The number of fused-ring (bicyclic) bond motifs is 3. The summed E-state index contributed by atoms with van der Waals surface area (Å²) in [5, 5.41) is 5.31. The Morgan fingerprint density at radius 2 is 2.50 bits per heavy atom. The molecule has 0 aliphatic carbocycles. The van der Waals surface area contributed by atoms with Gasteiger partial charge < -0.3 is 10.2 Å². The number of amides is 1. The van der Waals surface area contributed by atoms with E-state index in [0.717, 1.165) is 19.5 Å². The van der Waals surface area contributed by atoms with E-state index in [1.165, 1.54) is 10.4 Å². The van der Waals surface area contributed by atoms with Gasteiger partial charge in [-0.15, -0.1) is 11.3 Å². The lowest BCUT2D eigenvalue weighted by molar-refractivity contribution is -0.135. The van der Waals surface area contributed by atoms with Crippen LogP contribution in [-0.2, 0) is 11.2 Å². The van der Waals surface area contributed by atoms with Crippen molar-refractivity contribution in [2.75, 3.05) is 19.6 Å². The first-order valence-corrected chi connectivity index (χ1v) is 5.80. The molecule has 1 fully saturated rings. The molecule has 3 nitrogen and oxygen atoms in total. The minimum absolute atomic E-state index is 0.250. The van der Waals surface area contributed by atoms with Gasteiger partial charge in [0.1, 0.15) is 0 Å². The lowest BCUT2D eigenvalue weighted by Crippen LogP contribution is -2.52. The van der Waals surface area contributed by atoms with Gasteiger partial charge in [-0.1, -0.05) is 0 Å². The third-order valence-corrected chi connectivity index (χ3v) is 4.08. The SMILES string of the molecule is O=C1CNCC2c3sccc3CCN12. The van der Waals surface area contributed by atoms with Crippen LogP contribution in [0.25, 0.3) is 0 Å². The molecule has 0 spiro atoms. The molecule has 3 rings (SSSR count). The summed E-state index contributed by atoms with van der Waals surface area (Å²) in [5.74, 6) is 0.250. The van der Waals surface area contributed by atoms with Gasteiger partial charge >= 0.3 is 0 Å². The minimum atomic E-state index is 0.250. The Kier molecular flexibility index (Phi) is 1.85. The molecular formula is C10H12N2OS. The third kappa shape index (κ3) is 1.11. The summed E-state index contributed by atoms with van der Waals surface area (Å²) >= 11 is 1.78. The second-order valence-corrected chi connectivity index (χ2v) is 4.74. The van der Waals surface area contributed by atoms with Crippen molar-refractivity contribution in [3.8, 4) is 0 Å². The zero-order valence-corrected chi connectivity index (χ0v) is 8.64. The molecule has 1 aromatic heterocycles. The van der Waals surface area contributed by atoms with Crippen molar-refractivity contribution in [3.05, 3.63) is 21.9 Å². The van der Waals surface area contributed by atoms with Crippen LogP contribution in [0.1, 0.15) is 16.5 Å². The van der Waals surface area contributed by atoms with Gasteiger partial charge in [-0.3, -0.25) is 4.79 Å². The van der Waals surface area contributed by atoms with Crippen LogP contribution in [0, 0.1) is 0 Å². The van der Waals surface area contributed by atoms with Gasteiger partial charge in [0.2, 0.25) is 5.91 Å². The average molecular weight is 208 g/mol. The molecule has 1 amide bonds. The predicted molar refractivity (Wildman–Crippen MR) is 55.3 cm³/mol. The molecule has 2 aliphatic heterocycles. The predicted octanol–water partition coefficient (Wildman–Crippen LogP) is 0.777. The van der Waals surface area contributed by atoms with Crippen LogP contribution in [-0.4, -0.2) is 30.4 Å². The van der Waals surface area contributed by atoms with Crippen LogP contribution in [0.2, 0.25) is 0 Å². The van der Waals surface area contributed by atoms with E-state index in [4.69, 9.17) is 0 Å². The summed E-state index contributed by atoms with van der Waals surface area (Å²) in [6.07, 6.45) is 1.03. The summed E-state index contributed by atoms with van der Waals surface area (Å²) in [6, 6.07) is 2.50. The van der Waals surface area contributed by atoms with E-state index in [2.05, 4.69) is 16.8 Å². The molecule has 0 aromatic carbocycles. The lowest BCUT2D eigenvalue weighted by atomic mass is 10.00. The van der Waals surface area contributed by atoms with Crippen molar-refractivity contribution >= 4 is 17.2 Å². The Hall–Kier alpha value is -0.870. The number of hydrogen-bond acceptors (Lipinski definition) is 3. The Morgan fingerprint density at radius 3 is 3.43 bits per heavy atom. The summed E-state index contributed by atoms with van der Waals surface area (Å²) in [5.41, 5.74) is 1.44. The van der Waals surface area contributed by atoms with Gasteiger partial charge in [-0.2, -0.15) is 0 Å². The number of nitrogens with one attached hydrogen (secondary N) is 1. The largest absolute Gasteiger partial charge is 0.332 e. The molecule has 1 saturated heterocycles. The highest BCUT2D eigenvalue weighted by Crippen LogP contribution is 2.34. The molecule has 2 aliphatic rings. The zero-order chi connectivity index (χ0) is 9.54. The van der Waals surface area contributed by atoms with Gasteiger partial charge in [-0.25, -0.2) is 0 Å². The fourth-order valence-corrected chi connectivity index (χ4v) is 3.37. The number of piperazine rings is 1. The smallest absolute Gasteiger partial charge is 0.237 e. The van der Waals surface area contributed by atoms with E-state index in [1.54, 1.807) is 11.3 Å². The van der Waals surface area contributed by atoms with Crippen LogP contribution in [0.5, 0.6) is 0 Å². The first-order valence-electron chi connectivity index (χ1n) is 4.93. The summed E-state index contributed by atoms with van der Waals surface area (Å²) in [7, 11) is 0. The normalized spacial score (nSPS) is 25.9. The van der Waals surface area contributed by atoms with E-state index < -0.39 is 0 Å². The van der Waals surface area contributed by atoms with Crippen molar-refractivity contribution in [1.82, 2.24) is 10.2 Å². The second kappa shape index (κ2) is 3.07.